The Bertz CT molecular complexity index is 531. The Morgan fingerprint density at radius 2 is 2.05 bits per heavy atom. The Labute approximate surface area is 132 Å². The summed E-state index contributed by atoms with van der Waals surface area (Å²) in [4.78, 5) is 12.2. The highest BCUT2D eigenvalue weighted by Gasteiger charge is 2.32. The molecule has 1 aliphatic rings. The van der Waals surface area contributed by atoms with Crippen molar-refractivity contribution in [1.29, 1.82) is 0 Å². The summed E-state index contributed by atoms with van der Waals surface area (Å²) < 4.78 is 13.7. The number of aliphatic hydroxyl groups excluding tert-OH is 1. The molecule has 0 spiro atoms. The number of amides is 1. The van der Waals surface area contributed by atoms with Crippen molar-refractivity contribution in [3.05, 3.63) is 28.0 Å². The molecule has 21 heavy (non-hydrogen) atoms. The Morgan fingerprint density at radius 1 is 1.38 bits per heavy atom. The average Bonchev–Trinajstić information content (AvgIpc) is 2.49. The molecule has 116 valence electrons. The van der Waals surface area contributed by atoms with Crippen LogP contribution in [0.4, 0.5) is 10.1 Å². The molecule has 0 bridgehead atoms. The summed E-state index contributed by atoms with van der Waals surface area (Å²) in [5.74, 6) is -0.871. The van der Waals surface area contributed by atoms with Crippen LogP contribution in [0.25, 0.3) is 0 Å². The second-order valence-electron chi connectivity index (χ2n) is 5.76. The predicted octanol–water partition coefficient (Wildman–Crippen LogP) is 2.84. The van der Waals surface area contributed by atoms with Crippen molar-refractivity contribution in [3.8, 4) is 0 Å². The molecule has 1 aromatic carbocycles. The maximum absolute atomic E-state index is 13.3. The van der Waals surface area contributed by atoms with Gasteiger partial charge in [0.2, 0.25) is 0 Å². The summed E-state index contributed by atoms with van der Waals surface area (Å²) in [5, 5.41) is 12.5. The molecule has 0 unspecified atom stereocenters. The van der Waals surface area contributed by atoms with Gasteiger partial charge in [-0.05, 0) is 40.9 Å². The van der Waals surface area contributed by atoms with E-state index in [0.29, 0.717) is 16.6 Å². The molecule has 0 aliphatic heterocycles. The number of rotatable bonds is 4. The fourth-order valence-corrected chi connectivity index (χ4v) is 3.29. The highest BCUT2D eigenvalue weighted by atomic mass is 79.9. The lowest BCUT2D eigenvalue weighted by Gasteiger charge is -2.35. The highest BCUT2D eigenvalue weighted by Crippen LogP contribution is 2.35. The van der Waals surface area contributed by atoms with Crippen molar-refractivity contribution in [3.63, 3.8) is 0 Å². The smallest absolute Gasteiger partial charge is 0.252 e. The molecular formula is C15H20BrFN2O2. The molecule has 0 aromatic heterocycles. The minimum atomic E-state index is -0.558. The van der Waals surface area contributed by atoms with Crippen LogP contribution in [0.1, 0.15) is 42.5 Å². The zero-order chi connectivity index (χ0) is 15.5. The lowest BCUT2D eigenvalue weighted by molar-refractivity contribution is 0.0717. The second kappa shape index (κ2) is 6.75. The first kappa shape index (κ1) is 16.2. The minimum absolute atomic E-state index is 0.0575. The molecular weight excluding hydrogens is 339 g/mol. The molecule has 0 radical (unpaired) electrons. The average molecular weight is 359 g/mol. The summed E-state index contributed by atoms with van der Waals surface area (Å²) in [5.41, 5.74) is 5.52. The predicted molar refractivity (Wildman–Crippen MR) is 83.4 cm³/mol. The highest BCUT2D eigenvalue weighted by molar-refractivity contribution is 9.10. The quantitative estimate of drug-likeness (QED) is 0.724. The molecule has 1 aliphatic carbocycles. The summed E-state index contributed by atoms with van der Waals surface area (Å²) in [6, 6.07) is 2.51. The first-order chi connectivity index (χ1) is 9.97. The first-order valence-electron chi connectivity index (χ1n) is 7.11. The van der Waals surface area contributed by atoms with Crippen molar-refractivity contribution < 1.29 is 14.3 Å². The van der Waals surface area contributed by atoms with Crippen LogP contribution >= 0.6 is 15.9 Å². The van der Waals surface area contributed by atoms with Crippen LogP contribution in [0, 0.1) is 11.2 Å². The largest absolute Gasteiger partial charge is 0.396 e. The minimum Gasteiger partial charge on any atom is -0.396 e. The van der Waals surface area contributed by atoms with E-state index in [1.54, 1.807) is 0 Å². The van der Waals surface area contributed by atoms with Gasteiger partial charge in [-0.3, -0.25) is 4.79 Å². The second-order valence-corrected chi connectivity index (χ2v) is 6.61. The Morgan fingerprint density at radius 3 is 2.67 bits per heavy atom. The number of anilines is 1. The fourth-order valence-electron chi connectivity index (χ4n) is 2.80. The molecule has 0 atom stereocenters. The third kappa shape index (κ3) is 3.74. The third-order valence-electron chi connectivity index (χ3n) is 4.20. The number of benzene rings is 1. The number of carbonyl (C=O) groups is 1. The van der Waals surface area contributed by atoms with E-state index in [2.05, 4.69) is 21.2 Å². The summed E-state index contributed by atoms with van der Waals surface area (Å²) >= 11 is 3.17. The molecule has 4 N–H and O–H groups in total. The number of hydrogen-bond acceptors (Lipinski definition) is 3. The Balaban J connectivity index is 2.06. The van der Waals surface area contributed by atoms with E-state index in [-0.39, 0.29) is 23.6 Å². The summed E-state index contributed by atoms with van der Waals surface area (Å²) in [7, 11) is 0. The lowest BCUT2D eigenvalue weighted by atomic mass is 9.74. The van der Waals surface area contributed by atoms with Crippen LogP contribution < -0.4 is 11.1 Å². The Hall–Kier alpha value is -1.14. The van der Waals surface area contributed by atoms with E-state index in [4.69, 9.17) is 5.73 Å². The lowest BCUT2D eigenvalue weighted by Crippen LogP contribution is -2.41. The van der Waals surface area contributed by atoms with E-state index in [0.717, 1.165) is 25.7 Å². The zero-order valence-corrected chi connectivity index (χ0v) is 13.4. The van der Waals surface area contributed by atoms with Gasteiger partial charge >= 0.3 is 0 Å². The first-order valence-corrected chi connectivity index (χ1v) is 7.90. The molecule has 6 heteroatoms. The number of carbonyl (C=O) groups excluding carboxylic acids is 1. The van der Waals surface area contributed by atoms with Gasteiger partial charge in [0, 0.05) is 16.4 Å². The molecule has 1 saturated carbocycles. The number of nitrogen functional groups attached to an aromatic ring is 1. The van der Waals surface area contributed by atoms with Gasteiger partial charge in [-0.2, -0.15) is 0 Å². The molecule has 1 amide bonds. The van der Waals surface area contributed by atoms with Gasteiger partial charge in [-0.25, -0.2) is 4.39 Å². The van der Waals surface area contributed by atoms with Gasteiger partial charge in [-0.15, -0.1) is 0 Å². The van der Waals surface area contributed by atoms with Crippen molar-refractivity contribution in [2.24, 2.45) is 5.41 Å². The van der Waals surface area contributed by atoms with Crippen LogP contribution in [0.2, 0.25) is 0 Å². The van der Waals surface area contributed by atoms with Gasteiger partial charge in [-0.1, -0.05) is 19.3 Å². The maximum Gasteiger partial charge on any atom is 0.252 e. The van der Waals surface area contributed by atoms with Gasteiger partial charge in [0.15, 0.2) is 0 Å². The van der Waals surface area contributed by atoms with E-state index in [1.807, 2.05) is 0 Å². The van der Waals surface area contributed by atoms with Crippen LogP contribution in [0.5, 0.6) is 0 Å². The van der Waals surface area contributed by atoms with E-state index in [1.165, 1.54) is 18.6 Å². The fraction of sp³-hybridized carbons (Fsp3) is 0.533. The van der Waals surface area contributed by atoms with Crippen LogP contribution in [0.15, 0.2) is 16.6 Å². The van der Waals surface area contributed by atoms with Crippen molar-refractivity contribution in [2.45, 2.75) is 32.1 Å². The number of nitrogens with two attached hydrogens (primary N) is 1. The van der Waals surface area contributed by atoms with Crippen LogP contribution in [-0.4, -0.2) is 24.2 Å². The van der Waals surface area contributed by atoms with Crippen LogP contribution in [-0.2, 0) is 0 Å². The van der Waals surface area contributed by atoms with Crippen molar-refractivity contribution >= 4 is 27.5 Å². The molecule has 2 rings (SSSR count). The number of nitrogens with one attached hydrogen (secondary N) is 1. The summed E-state index contributed by atoms with van der Waals surface area (Å²) in [6.07, 6.45) is 5.15. The molecule has 1 aromatic rings. The van der Waals surface area contributed by atoms with Gasteiger partial charge in [0.25, 0.3) is 5.91 Å². The van der Waals surface area contributed by atoms with E-state index < -0.39 is 5.82 Å². The Kier molecular flexibility index (Phi) is 5.22. The monoisotopic (exact) mass is 358 g/mol. The van der Waals surface area contributed by atoms with E-state index in [9.17, 15) is 14.3 Å². The van der Waals surface area contributed by atoms with Crippen molar-refractivity contribution in [2.75, 3.05) is 18.9 Å². The van der Waals surface area contributed by atoms with Gasteiger partial charge in [0.1, 0.15) is 5.82 Å². The zero-order valence-electron chi connectivity index (χ0n) is 11.8. The molecule has 0 saturated heterocycles. The van der Waals surface area contributed by atoms with E-state index >= 15 is 0 Å². The van der Waals surface area contributed by atoms with Crippen molar-refractivity contribution in [1.82, 2.24) is 5.32 Å². The molecule has 4 nitrogen and oxygen atoms in total. The standard InChI is InChI=1S/C15H20BrFN2O2/c16-11-7-12(17)13(18)6-10(11)14(21)19-8-15(9-20)4-2-1-3-5-15/h6-7,20H,1-5,8-9,18H2,(H,19,21). The molecule has 1 fully saturated rings. The topological polar surface area (TPSA) is 75.4 Å². The number of halogens is 2. The normalized spacial score (nSPS) is 17.5. The van der Waals surface area contributed by atoms with Gasteiger partial charge in [0.05, 0.1) is 17.9 Å². The SMILES string of the molecule is Nc1cc(C(=O)NCC2(CO)CCCCC2)c(Br)cc1F. The maximum atomic E-state index is 13.3. The van der Waals surface area contributed by atoms with Crippen LogP contribution in [0.3, 0.4) is 0 Å². The van der Waals surface area contributed by atoms with Gasteiger partial charge < -0.3 is 16.2 Å². The summed E-state index contributed by atoms with van der Waals surface area (Å²) in [6.45, 7) is 0.492. The third-order valence-corrected chi connectivity index (χ3v) is 4.86. The molecule has 0 heterocycles. The number of aliphatic hydroxyl groups is 1. The number of hydrogen-bond donors (Lipinski definition) is 3.